The molecule has 3 N–H and O–H groups in total. The molecule has 0 saturated carbocycles. The second-order valence-corrected chi connectivity index (χ2v) is 8.12. The molecule has 156 valence electrons. The number of carboxylic acids is 1. The fraction of sp³-hybridized carbons (Fsp3) is 0.400. The molecule has 1 aliphatic heterocycles. The first-order valence-corrected chi connectivity index (χ1v) is 10.1. The highest BCUT2D eigenvalue weighted by atomic mass is 32.1. The van der Waals surface area contributed by atoms with Crippen molar-refractivity contribution in [1.82, 2.24) is 10.6 Å². The molecule has 0 bridgehead atoms. The summed E-state index contributed by atoms with van der Waals surface area (Å²) in [7, 11) is 0. The Labute approximate surface area is 169 Å². The van der Waals surface area contributed by atoms with Gasteiger partial charge in [0.25, 0.3) is 5.91 Å². The third-order valence-corrected chi connectivity index (χ3v) is 6.08. The van der Waals surface area contributed by atoms with Crippen LogP contribution < -0.4 is 10.6 Å². The highest BCUT2D eigenvalue weighted by molar-refractivity contribution is 7.14. The summed E-state index contributed by atoms with van der Waals surface area (Å²) in [6.45, 7) is 1.09. The minimum atomic E-state index is -5.08. The summed E-state index contributed by atoms with van der Waals surface area (Å²) in [5.41, 5.74) is 2.74. The largest absolute Gasteiger partial charge is 0.490 e. The van der Waals surface area contributed by atoms with Crippen LogP contribution in [-0.4, -0.2) is 35.7 Å². The van der Waals surface area contributed by atoms with E-state index in [-0.39, 0.29) is 11.9 Å². The minimum Gasteiger partial charge on any atom is -0.475 e. The van der Waals surface area contributed by atoms with E-state index in [1.54, 1.807) is 11.3 Å². The predicted octanol–water partition coefficient (Wildman–Crippen LogP) is 3.70. The lowest BCUT2D eigenvalue weighted by Crippen LogP contribution is -2.34. The third kappa shape index (κ3) is 5.57. The Hall–Kier alpha value is -2.39. The number of fused-ring (bicyclic) bond motifs is 1. The Balaban J connectivity index is 0.000000298. The molecule has 2 heterocycles. The van der Waals surface area contributed by atoms with Crippen LogP contribution in [-0.2, 0) is 17.6 Å². The van der Waals surface area contributed by atoms with Crippen LogP contribution >= 0.6 is 11.3 Å². The minimum absolute atomic E-state index is 0.0760. The number of hydrogen-bond acceptors (Lipinski definition) is 4. The van der Waals surface area contributed by atoms with Gasteiger partial charge in [-0.15, -0.1) is 11.3 Å². The van der Waals surface area contributed by atoms with E-state index in [2.05, 4.69) is 41.0 Å². The van der Waals surface area contributed by atoms with E-state index in [1.165, 1.54) is 28.8 Å². The van der Waals surface area contributed by atoms with Gasteiger partial charge in [0, 0.05) is 17.0 Å². The lowest BCUT2D eigenvalue weighted by Gasteiger charge is -2.11. The second-order valence-electron chi connectivity index (χ2n) is 7.00. The molecule has 0 spiro atoms. The van der Waals surface area contributed by atoms with Crippen molar-refractivity contribution >= 4 is 23.2 Å². The molecular formula is C20H21F3N2O3S. The average Bonchev–Trinajstić information content (AvgIpc) is 3.40. The number of hydrogen-bond donors (Lipinski definition) is 3. The summed E-state index contributed by atoms with van der Waals surface area (Å²) in [6, 6.07) is 13.2. The van der Waals surface area contributed by atoms with E-state index in [1.807, 2.05) is 6.07 Å². The lowest BCUT2D eigenvalue weighted by atomic mass is 10.1. The van der Waals surface area contributed by atoms with Gasteiger partial charge in [-0.2, -0.15) is 13.2 Å². The van der Waals surface area contributed by atoms with Crippen LogP contribution in [0.5, 0.6) is 0 Å². The predicted molar refractivity (Wildman–Crippen MR) is 103 cm³/mol. The number of aliphatic carboxylic acids is 1. The van der Waals surface area contributed by atoms with Crippen LogP contribution in [0.4, 0.5) is 13.2 Å². The molecular weight excluding hydrogens is 405 g/mol. The molecule has 1 amide bonds. The molecule has 1 aromatic heterocycles. The normalized spacial score (nSPS) is 18.7. The number of amides is 1. The van der Waals surface area contributed by atoms with Gasteiger partial charge < -0.3 is 15.7 Å². The molecule has 0 radical (unpaired) electrons. The topological polar surface area (TPSA) is 78.4 Å². The molecule has 1 aromatic carbocycles. The van der Waals surface area contributed by atoms with Gasteiger partial charge in [0.1, 0.15) is 0 Å². The van der Waals surface area contributed by atoms with Crippen molar-refractivity contribution in [2.45, 2.75) is 43.9 Å². The molecule has 4 rings (SSSR count). The fourth-order valence-electron chi connectivity index (χ4n) is 3.51. The molecule has 1 saturated heterocycles. The number of benzene rings is 1. The van der Waals surface area contributed by atoms with E-state index in [0.717, 1.165) is 24.3 Å². The van der Waals surface area contributed by atoms with Crippen LogP contribution in [0, 0.1) is 0 Å². The Kier molecular flexibility index (Phi) is 6.59. The van der Waals surface area contributed by atoms with E-state index in [0.29, 0.717) is 6.04 Å². The Morgan fingerprint density at radius 2 is 1.72 bits per heavy atom. The van der Waals surface area contributed by atoms with Crippen molar-refractivity contribution in [2.24, 2.45) is 0 Å². The van der Waals surface area contributed by atoms with Crippen molar-refractivity contribution in [2.75, 3.05) is 6.54 Å². The molecule has 5 nitrogen and oxygen atoms in total. The summed E-state index contributed by atoms with van der Waals surface area (Å²) >= 11 is 1.63. The first-order valence-electron chi connectivity index (χ1n) is 9.25. The lowest BCUT2D eigenvalue weighted by molar-refractivity contribution is -0.192. The van der Waals surface area contributed by atoms with Crippen LogP contribution in [0.3, 0.4) is 0 Å². The standard InChI is InChI=1S/C18H20N2OS.C2HF3O2/c21-18(17-8-7-16(22-17)15-6-3-9-19-15)20-14-10-12-4-1-2-5-13(12)11-14;3-2(4,5)1(6)7/h1-2,4-5,7-8,14-15,19H,3,6,9-11H2,(H,20,21);(H,6,7). The zero-order valence-corrected chi connectivity index (χ0v) is 16.3. The number of carboxylic acid groups (broad SMARTS) is 1. The summed E-state index contributed by atoms with van der Waals surface area (Å²) in [5, 5.41) is 13.8. The van der Waals surface area contributed by atoms with Gasteiger partial charge in [0.15, 0.2) is 0 Å². The fourth-order valence-corrected chi connectivity index (χ4v) is 4.53. The smallest absolute Gasteiger partial charge is 0.475 e. The number of carbonyl (C=O) groups is 2. The molecule has 1 unspecified atom stereocenters. The maximum atomic E-state index is 12.5. The molecule has 1 atom stereocenters. The number of thiophene rings is 1. The van der Waals surface area contributed by atoms with Crippen molar-refractivity contribution in [3.8, 4) is 0 Å². The van der Waals surface area contributed by atoms with Crippen molar-refractivity contribution < 1.29 is 27.9 Å². The Morgan fingerprint density at radius 3 is 2.24 bits per heavy atom. The van der Waals surface area contributed by atoms with Crippen LogP contribution in [0.2, 0.25) is 0 Å². The van der Waals surface area contributed by atoms with Crippen molar-refractivity contribution in [3.63, 3.8) is 0 Å². The number of rotatable bonds is 3. The first kappa shape index (κ1) is 21.3. The van der Waals surface area contributed by atoms with Gasteiger partial charge in [-0.05, 0) is 55.5 Å². The van der Waals surface area contributed by atoms with Gasteiger partial charge in [-0.3, -0.25) is 4.79 Å². The third-order valence-electron chi connectivity index (χ3n) is 4.88. The highest BCUT2D eigenvalue weighted by Gasteiger charge is 2.38. The zero-order chi connectivity index (χ0) is 21.0. The molecule has 29 heavy (non-hydrogen) atoms. The van der Waals surface area contributed by atoms with Gasteiger partial charge in [-0.1, -0.05) is 24.3 Å². The van der Waals surface area contributed by atoms with Crippen molar-refractivity contribution in [1.29, 1.82) is 0 Å². The van der Waals surface area contributed by atoms with Crippen LogP contribution in [0.25, 0.3) is 0 Å². The Bertz CT molecular complexity index is 851. The summed E-state index contributed by atoms with van der Waals surface area (Å²) in [5.74, 6) is -2.68. The second kappa shape index (κ2) is 8.96. The molecule has 1 aliphatic carbocycles. The van der Waals surface area contributed by atoms with Gasteiger partial charge in [-0.25, -0.2) is 4.79 Å². The summed E-state index contributed by atoms with van der Waals surface area (Å²) < 4.78 is 31.7. The molecule has 1 fully saturated rings. The average molecular weight is 426 g/mol. The highest BCUT2D eigenvalue weighted by Crippen LogP contribution is 2.29. The maximum Gasteiger partial charge on any atom is 0.490 e. The van der Waals surface area contributed by atoms with Crippen LogP contribution in [0.15, 0.2) is 36.4 Å². The van der Waals surface area contributed by atoms with E-state index in [9.17, 15) is 18.0 Å². The zero-order valence-electron chi connectivity index (χ0n) is 15.5. The SMILES string of the molecule is O=C(NC1Cc2ccccc2C1)c1ccc(C2CCCN2)s1.O=C(O)C(F)(F)F. The molecule has 9 heteroatoms. The summed E-state index contributed by atoms with van der Waals surface area (Å²) in [4.78, 5) is 23.5. The van der Waals surface area contributed by atoms with Crippen molar-refractivity contribution in [3.05, 3.63) is 57.3 Å². The molecule has 2 aromatic rings. The first-order chi connectivity index (χ1) is 13.7. The number of carbonyl (C=O) groups excluding carboxylic acids is 1. The molecule has 2 aliphatic rings. The quantitative estimate of drug-likeness (QED) is 0.699. The Morgan fingerprint density at radius 1 is 1.10 bits per heavy atom. The number of alkyl halides is 3. The van der Waals surface area contributed by atoms with Gasteiger partial charge >= 0.3 is 12.1 Å². The van der Waals surface area contributed by atoms with Crippen LogP contribution in [0.1, 0.15) is 44.6 Å². The van der Waals surface area contributed by atoms with Gasteiger partial charge in [0.2, 0.25) is 0 Å². The van der Waals surface area contributed by atoms with E-state index >= 15 is 0 Å². The van der Waals surface area contributed by atoms with E-state index in [4.69, 9.17) is 9.90 Å². The maximum absolute atomic E-state index is 12.5. The number of halogens is 3. The van der Waals surface area contributed by atoms with E-state index < -0.39 is 12.1 Å². The number of nitrogens with one attached hydrogen (secondary N) is 2. The van der Waals surface area contributed by atoms with Gasteiger partial charge in [0.05, 0.1) is 4.88 Å². The monoisotopic (exact) mass is 426 g/mol. The summed E-state index contributed by atoms with van der Waals surface area (Å²) in [6.07, 6.45) is -0.779.